The van der Waals surface area contributed by atoms with Crippen molar-refractivity contribution < 1.29 is 99.9 Å². The molecule has 0 saturated carbocycles. The van der Waals surface area contributed by atoms with E-state index in [4.69, 9.17) is 15.3 Å². The van der Waals surface area contributed by atoms with Gasteiger partial charge in [0.05, 0.1) is 0 Å². The molecule has 0 spiro atoms. The Bertz CT molecular complexity index is 789. The number of carbonyl (C=O) groups is 3. The molecule has 0 aromatic carbocycles. The number of alkyl halides is 16. The van der Waals surface area contributed by atoms with Gasteiger partial charge in [0.25, 0.3) is 0 Å². The largest absolute Gasteiger partial charge is 0.478 e. The third kappa shape index (κ3) is 4.77. The van der Waals surface area contributed by atoms with Crippen LogP contribution in [0.5, 0.6) is 0 Å². The quantitative estimate of drug-likeness (QED) is 0.267. The molecule has 0 heterocycles. The third-order valence-electron chi connectivity index (χ3n) is 3.47. The molecule has 3 N–H and O–H groups in total. The van der Waals surface area contributed by atoms with E-state index in [9.17, 15) is 84.6 Å². The minimum atomic E-state index is -8.80. The average molecular weight is 562 g/mol. The lowest BCUT2D eigenvalue weighted by molar-refractivity contribution is -0.448. The molecule has 6 nitrogen and oxygen atoms in total. The van der Waals surface area contributed by atoms with Crippen LogP contribution in [0.3, 0.4) is 0 Å². The molecule has 0 bridgehead atoms. The van der Waals surface area contributed by atoms with E-state index in [2.05, 4.69) is 6.58 Å². The highest BCUT2D eigenvalue weighted by Crippen LogP contribution is 2.63. The van der Waals surface area contributed by atoms with Crippen LogP contribution >= 0.6 is 0 Å². The van der Waals surface area contributed by atoms with Crippen LogP contribution in [0.2, 0.25) is 0 Å². The summed E-state index contributed by atoms with van der Waals surface area (Å²) in [5.41, 5.74) is 0. The van der Waals surface area contributed by atoms with Crippen LogP contribution < -0.4 is 0 Å². The highest BCUT2D eigenvalue weighted by molar-refractivity contribution is 5.79. The molecule has 0 radical (unpaired) electrons. The van der Waals surface area contributed by atoms with Gasteiger partial charge in [-0.05, 0) is 0 Å². The summed E-state index contributed by atoms with van der Waals surface area (Å²) in [5, 5.41) is 22.9. The second kappa shape index (κ2) is 9.24. The van der Waals surface area contributed by atoms with Gasteiger partial charge in [0.1, 0.15) is 0 Å². The zero-order chi connectivity index (χ0) is 29.4. The monoisotopic (exact) mass is 562 g/mol. The normalized spacial score (nSPS) is 14.5. The van der Waals surface area contributed by atoms with Gasteiger partial charge in [0.15, 0.2) is 0 Å². The standard InChI is InChI=1S/C10H2F16O4.C3H4O2/c11-3(12,1(27)28)5(15,16)7(19,20)9(23,24)10(25,26)8(21,22)6(17,18)4(13,14)2(29)30;1-2-3(4)5/h(H,27,28)(H,29,30);2H,1H2,(H,4,5). The third-order valence-corrected chi connectivity index (χ3v) is 3.47. The first-order chi connectivity index (χ1) is 14.9. The van der Waals surface area contributed by atoms with E-state index in [0.29, 0.717) is 0 Å². The molecule has 35 heavy (non-hydrogen) atoms. The maximum Gasteiger partial charge on any atom is 0.410 e. The van der Waals surface area contributed by atoms with Gasteiger partial charge < -0.3 is 15.3 Å². The summed E-state index contributed by atoms with van der Waals surface area (Å²) in [5.74, 6) is -75.9. The molecule has 0 saturated heterocycles. The highest BCUT2D eigenvalue weighted by Gasteiger charge is 2.96. The molecule has 0 unspecified atom stereocenters. The Morgan fingerprint density at radius 2 is 0.600 bits per heavy atom. The molecule has 0 rings (SSSR count). The first-order valence-corrected chi connectivity index (χ1v) is 7.25. The van der Waals surface area contributed by atoms with E-state index in [-0.39, 0.29) is 0 Å². The van der Waals surface area contributed by atoms with Crippen molar-refractivity contribution >= 4 is 17.9 Å². The van der Waals surface area contributed by atoms with Crippen LogP contribution in [-0.4, -0.2) is 80.6 Å². The van der Waals surface area contributed by atoms with Crippen molar-refractivity contribution in [1.29, 1.82) is 0 Å². The van der Waals surface area contributed by atoms with Gasteiger partial charge in [0, 0.05) is 6.08 Å². The Morgan fingerprint density at radius 3 is 0.714 bits per heavy atom. The molecule has 0 aliphatic rings. The fourth-order valence-electron chi connectivity index (χ4n) is 1.45. The molecule has 22 heteroatoms. The summed E-state index contributed by atoms with van der Waals surface area (Å²) >= 11 is 0. The van der Waals surface area contributed by atoms with Crippen LogP contribution in [0, 0.1) is 0 Å². The molecule has 0 aliphatic carbocycles. The van der Waals surface area contributed by atoms with E-state index in [1.165, 1.54) is 0 Å². The first kappa shape index (κ1) is 34.2. The smallest absolute Gasteiger partial charge is 0.410 e. The van der Waals surface area contributed by atoms with Crippen LogP contribution in [0.25, 0.3) is 0 Å². The van der Waals surface area contributed by atoms with Gasteiger partial charge in [-0.1, -0.05) is 6.58 Å². The summed E-state index contributed by atoms with van der Waals surface area (Å²) in [4.78, 5) is 28.9. The molecular weight excluding hydrogens is 556 g/mol. The fourth-order valence-corrected chi connectivity index (χ4v) is 1.45. The van der Waals surface area contributed by atoms with E-state index < -0.39 is 65.3 Å². The summed E-state index contributed by atoms with van der Waals surface area (Å²) < 4.78 is 207. The van der Waals surface area contributed by atoms with Gasteiger partial charge in [-0.3, -0.25) is 0 Å². The molecule has 0 fully saturated rings. The Kier molecular flexibility index (Phi) is 9.03. The van der Waals surface area contributed by atoms with E-state index in [1.807, 2.05) is 0 Å². The van der Waals surface area contributed by atoms with Crippen molar-refractivity contribution in [3.8, 4) is 0 Å². The van der Waals surface area contributed by atoms with Gasteiger partial charge in [-0.15, -0.1) is 0 Å². The van der Waals surface area contributed by atoms with Crippen LogP contribution in [-0.2, 0) is 14.4 Å². The number of carboxylic acids is 3. The first-order valence-electron chi connectivity index (χ1n) is 7.25. The molecule has 0 aromatic heterocycles. The lowest BCUT2D eigenvalue weighted by atomic mass is 9.87. The predicted octanol–water partition coefficient (Wildman–Crippen LogP) is 4.50. The highest BCUT2D eigenvalue weighted by atomic mass is 19.4. The number of rotatable bonds is 10. The number of hydrogen-bond donors (Lipinski definition) is 3. The number of carboxylic acid groups (broad SMARTS) is 3. The van der Waals surface area contributed by atoms with Gasteiger partial charge in [-0.25, -0.2) is 14.4 Å². The summed E-state index contributed by atoms with van der Waals surface area (Å²) in [6, 6.07) is 0. The lowest BCUT2D eigenvalue weighted by Gasteiger charge is -2.42. The van der Waals surface area contributed by atoms with Crippen LogP contribution in [0.1, 0.15) is 0 Å². The minimum absolute atomic E-state index is 0.833. The second-order valence-corrected chi connectivity index (χ2v) is 5.75. The molecule has 0 atom stereocenters. The van der Waals surface area contributed by atoms with Crippen molar-refractivity contribution in [1.82, 2.24) is 0 Å². The molecule has 0 aromatic rings. The summed E-state index contributed by atoms with van der Waals surface area (Å²) in [7, 11) is 0. The van der Waals surface area contributed by atoms with E-state index in [1.54, 1.807) is 0 Å². The maximum atomic E-state index is 13.2. The molecular formula is C13H6F16O6. The zero-order valence-electron chi connectivity index (χ0n) is 15.4. The number of aliphatic carboxylic acids is 3. The van der Waals surface area contributed by atoms with Crippen molar-refractivity contribution in [2.24, 2.45) is 0 Å². The minimum Gasteiger partial charge on any atom is -0.478 e. The Hall–Kier alpha value is -2.97. The van der Waals surface area contributed by atoms with Crippen LogP contribution in [0.4, 0.5) is 70.2 Å². The average Bonchev–Trinajstić information content (AvgIpc) is 2.66. The van der Waals surface area contributed by atoms with Crippen molar-refractivity contribution in [2.45, 2.75) is 47.4 Å². The summed E-state index contributed by atoms with van der Waals surface area (Å²) in [6.07, 6.45) is 0.833. The predicted molar refractivity (Wildman–Crippen MR) is 72.7 cm³/mol. The van der Waals surface area contributed by atoms with Gasteiger partial charge in [-0.2, -0.15) is 70.2 Å². The SMILES string of the molecule is C=CC(=O)O.O=C(O)C(F)(F)C(F)(F)C(F)(F)C(F)(F)C(F)(F)C(F)(F)C(F)(F)C(F)(F)C(=O)O. The molecule has 0 amide bonds. The summed E-state index contributed by atoms with van der Waals surface area (Å²) in [6.45, 7) is 2.96. The van der Waals surface area contributed by atoms with E-state index >= 15 is 0 Å². The van der Waals surface area contributed by atoms with Gasteiger partial charge >= 0.3 is 65.3 Å². The molecule has 0 aliphatic heterocycles. The zero-order valence-corrected chi connectivity index (χ0v) is 15.4. The fraction of sp³-hybridized carbons (Fsp3) is 0.615. The number of hydrogen-bond acceptors (Lipinski definition) is 3. The van der Waals surface area contributed by atoms with Crippen LogP contribution in [0.15, 0.2) is 12.7 Å². The molecule has 206 valence electrons. The van der Waals surface area contributed by atoms with Gasteiger partial charge in [0.2, 0.25) is 0 Å². The van der Waals surface area contributed by atoms with Crippen molar-refractivity contribution in [2.75, 3.05) is 0 Å². The number of halogens is 16. The Labute approximate surface area is 179 Å². The topological polar surface area (TPSA) is 112 Å². The van der Waals surface area contributed by atoms with Crippen molar-refractivity contribution in [3.63, 3.8) is 0 Å². The maximum absolute atomic E-state index is 13.2. The van der Waals surface area contributed by atoms with Crippen molar-refractivity contribution in [3.05, 3.63) is 12.7 Å². The second-order valence-electron chi connectivity index (χ2n) is 5.75. The van der Waals surface area contributed by atoms with E-state index in [0.717, 1.165) is 6.08 Å². The Morgan fingerprint density at radius 1 is 0.457 bits per heavy atom. The Balaban J connectivity index is 0. The lowest BCUT2D eigenvalue weighted by Crippen LogP contribution is -2.75.